The van der Waals surface area contributed by atoms with E-state index in [2.05, 4.69) is 10.6 Å². The molecule has 0 aliphatic carbocycles. The van der Waals surface area contributed by atoms with E-state index >= 15 is 0 Å². The topological polar surface area (TPSA) is 87.7 Å². The molecule has 30 heavy (non-hydrogen) atoms. The van der Waals surface area contributed by atoms with Gasteiger partial charge in [0.25, 0.3) is 5.91 Å². The SMILES string of the molecule is COc1ccccc1C[C@]1(C)NC(=O)N(CC(=O)N[C@H](C)c2cccc(Cl)c2)C1=O. The Morgan fingerprint density at radius 2 is 1.97 bits per heavy atom. The van der Waals surface area contributed by atoms with Crippen molar-refractivity contribution in [2.45, 2.75) is 31.8 Å². The Morgan fingerprint density at radius 3 is 2.67 bits per heavy atom. The second-order valence-electron chi connectivity index (χ2n) is 7.49. The highest BCUT2D eigenvalue weighted by Gasteiger charge is 2.48. The van der Waals surface area contributed by atoms with Crippen LogP contribution in [0.15, 0.2) is 48.5 Å². The predicted molar refractivity (Wildman–Crippen MR) is 113 cm³/mol. The van der Waals surface area contributed by atoms with Crippen LogP contribution < -0.4 is 15.4 Å². The number of para-hydroxylation sites is 1. The largest absolute Gasteiger partial charge is 0.496 e. The van der Waals surface area contributed by atoms with Gasteiger partial charge in [-0.15, -0.1) is 0 Å². The molecule has 0 bridgehead atoms. The molecule has 158 valence electrons. The average molecular weight is 430 g/mol. The zero-order valence-corrected chi connectivity index (χ0v) is 17.8. The Labute approximate surface area is 180 Å². The Balaban J connectivity index is 1.67. The molecule has 0 spiro atoms. The van der Waals surface area contributed by atoms with Crippen LogP contribution in [0.25, 0.3) is 0 Å². The van der Waals surface area contributed by atoms with Crippen molar-refractivity contribution in [1.82, 2.24) is 15.5 Å². The fraction of sp³-hybridized carbons (Fsp3) is 0.318. The first-order chi connectivity index (χ1) is 14.2. The first-order valence-corrected chi connectivity index (χ1v) is 9.92. The van der Waals surface area contributed by atoms with Gasteiger partial charge in [-0.2, -0.15) is 0 Å². The summed E-state index contributed by atoms with van der Waals surface area (Å²) in [5, 5.41) is 6.07. The molecular formula is C22H24ClN3O4. The van der Waals surface area contributed by atoms with Crippen LogP contribution in [-0.2, 0) is 16.0 Å². The molecule has 0 unspecified atom stereocenters. The summed E-state index contributed by atoms with van der Waals surface area (Å²) in [6.07, 6.45) is 0.249. The highest BCUT2D eigenvalue weighted by atomic mass is 35.5. The lowest BCUT2D eigenvalue weighted by molar-refractivity contribution is -0.134. The molecule has 4 amide bonds. The molecule has 2 atom stereocenters. The van der Waals surface area contributed by atoms with E-state index in [4.69, 9.17) is 16.3 Å². The Hall–Kier alpha value is -3.06. The number of nitrogens with zero attached hydrogens (tertiary/aromatic N) is 1. The van der Waals surface area contributed by atoms with Gasteiger partial charge in [0.05, 0.1) is 13.2 Å². The number of carbonyl (C=O) groups is 3. The fourth-order valence-electron chi connectivity index (χ4n) is 3.53. The second-order valence-corrected chi connectivity index (χ2v) is 7.92. The molecule has 1 fully saturated rings. The molecule has 1 aliphatic rings. The third-order valence-electron chi connectivity index (χ3n) is 5.11. The van der Waals surface area contributed by atoms with Crippen LogP contribution in [0.2, 0.25) is 5.02 Å². The van der Waals surface area contributed by atoms with Crippen LogP contribution >= 0.6 is 11.6 Å². The van der Waals surface area contributed by atoms with E-state index in [-0.39, 0.29) is 19.0 Å². The van der Waals surface area contributed by atoms with E-state index < -0.39 is 23.4 Å². The number of rotatable bonds is 7. The zero-order valence-electron chi connectivity index (χ0n) is 17.1. The quantitative estimate of drug-likeness (QED) is 0.662. The smallest absolute Gasteiger partial charge is 0.325 e. The van der Waals surface area contributed by atoms with Crippen LogP contribution in [0.4, 0.5) is 4.79 Å². The molecule has 0 radical (unpaired) electrons. The van der Waals surface area contributed by atoms with Crippen LogP contribution in [-0.4, -0.2) is 41.9 Å². The normalized spacial score (nSPS) is 19.4. The molecule has 7 nitrogen and oxygen atoms in total. The van der Waals surface area contributed by atoms with E-state index in [0.29, 0.717) is 10.8 Å². The lowest BCUT2D eigenvalue weighted by Crippen LogP contribution is -2.47. The number of urea groups is 1. The van der Waals surface area contributed by atoms with E-state index in [1.54, 1.807) is 45.2 Å². The maximum absolute atomic E-state index is 13.0. The number of nitrogens with one attached hydrogen (secondary N) is 2. The number of hydrogen-bond donors (Lipinski definition) is 2. The summed E-state index contributed by atoms with van der Waals surface area (Å²) in [5.74, 6) is -0.260. The molecule has 2 aromatic carbocycles. The van der Waals surface area contributed by atoms with Gasteiger partial charge in [0, 0.05) is 11.4 Å². The first kappa shape index (κ1) is 21.6. The summed E-state index contributed by atoms with van der Waals surface area (Å²) in [4.78, 5) is 38.9. The van der Waals surface area contributed by atoms with Crippen molar-refractivity contribution in [3.8, 4) is 5.75 Å². The van der Waals surface area contributed by atoms with E-state index in [0.717, 1.165) is 16.0 Å². The van der Waals surface area contributed by atoms with Crippen LogP contribution in [0, 0.1) is 0 Å². The maximum atomic E-state index is 13.0. The van der Waals surface area contributed by atoms with Crippen molar-refractivity contribution < 1.29 is 19.1 Å². The van der Waals surface area contributed by atoms with Gasteiger partial charge in [-0.25, -0.2) is 4.79 Å². The lowest BCUT2D eigenvalue weighted by atomic mass is 9.92. The molecule has 2 N–H and O–H groups in total. The summed E-state index contributed by atoms with van der Waals surface area (Å²) in [7, 11) is 1.55. The van der Waals surface area contributed by atoms with Gasteiger partial charge in [0.1, 0.15) is 17.8 Å². The molecule has 1 aliphatic heterocycles. The number of carbonyl (C=O) groups excluding carboxylic acids is 3. The van der Waals surface area contributed by atoms with Gasteiger partial charge in [-0.1, -0.05) is 41.9 Å². The van der Waals surface area contributed by atoms with E-state index in [1.165, 1.54) is 0 Å². The minimum atomic E-state index is -1.16. The van der Waals surface area contributed by atoms with Crippen molar-refractivity contribution in [3.05, 3.63) is 64.7 Å². The third-order valence-corrected chi connectivity index (χ3v) is 5.34. The Kier molecular flexibility index (Phi) is 6.31. The van der Waals surface area contributed by atoms with Gasteiger partial charge in [-0.05, 0) is 43.2 Å². The average Bonchev–Trinajstić information content (AvgIpc) is 2.91. The highest BCUT2D eigenvalue weighted by molar-refractivity contribution is 6.30. The Bertz CT molecular complexity index is 980. The summed E-state index contributed by atoms with van der Waals surface area (Å²) in [6.45, 7) is 3.09. The predicted octanol–water partition coefficient (Wildman–Crippen LogP) is 3.08. The number of amides is 4. The minimum absolute atomic E-state index is 0.249. The fourth-order valence-corrected chi connectivity index (χ4v) is 3.73. The number of ether oxygens (including phenoxy) is 1. The highest BCUT2D eigenvalue weighted by Crippen LogP contribution is 2.27. The van der Waals surface area contributed by atoms with Crippen LogP contribution in [0.1, 0.15) is 31.0 Å². The molecule has 1 heterocycles. The molecule has 0 aromatic heterocycles. The van der Waals surface area contributed by atoms with Gasteiger partial charge in [0.15, 0.2) is 0 Å². The number of methoxy groups -OCH3 is 1. The van der Waals surface area contributed by atoms with Crippen molar-refractivity contribution in [1.29, 1.82) is 0 Å². The van der Waals surface area contributed by atoms with Gasteiger partial charge < -0.3 is 15.4 Å². The maximum Gasteiger partial charge on any atom is 0.325 e. The molecule has 2 aromatic rings. The standard InChI is InChI=1S/C22H24ClN3O4/c1-14(15-8-6-9-17(23)11-15)24-19(27)13-26-20(28)22(2,25-21(26)29)12-16-7-4-5-10-18(16)30-3/h4-11,14H,12-13H2,1-3H3,(H,24,27)(H,25,29)/t14-,22+/m1/s1. The molecule has 1 saturated heterocycles. The molecular weight excluding hydrogens is 406 g/mol. The lowest BCUT2D eigenvalue weighted by Gasteiger charge is -2.23. The number of hydrogen-bond acceptors (Lipinski definition) is 4. The number of halogens is 1. The third kappa shape index (κ3) is 4.57. The molecule has 0 saturated carbocycles. The first-order valence-electron chi connectivity index (χ1n) is 9.54. The molecule has 8 heteroatoms. The van der Waals surface area contributed by atoms with Gasteiger partial charge >= 0.3 is 6.03 Å². The van der Waals surface area contributed by atoms with Crippen molar-refractivity contribution in [2.24, 2.45) is 0 Å². The minimum Gasteiger partial charge on any atom is -0.496 e. The second kappa shape index (κ2) is 8.75. The Morgan fingerprint density at radius 1 is 1.23 bits per heavy atom. The number of imide groups is 1. The van der Waals surface area contributed by atoms with Crippen molar-refractivity contribution in [2.75, 3.05) is 13.7 Å². The van der Waals surface area contributed by atoms with E-state index in [1.807, 2.05) is 24.3 Å². The summed E-state index contributed by atoms with van der Waals surface area (Å²) < 4.78 is 5.34. The summed E-state index contributed by atoms with van der Waals surface area (Å²) >= 11 is 5.99. The van der Waals surface area contributed by atoms with Crippen molar-refractivity contribution in [3.63, 3.8) is 0 Å². The van der Waals surface area contributed by atoms with Gasteiger partial charge in [0.2, 0.25) is 5.91 Å². The summed E-state index contributed by atoms with van der Waals surface area (Å²) in [6, 6.07) is 13.5. The zero-order chi connectivity index (χ0) is 21.9. The van der Waals surface area contributed by atoms with Crippen LogP contribution in [0.5, 0.6) is 5.75 Å². The summed E-state index contributed by atoms with van der Waals surface area (Å²) in [5.41, 5.74) is 0.455. The molecule has 3 rings (SSSR count). The van der Waals surface area contributed by atoms with E-state index in [9.17, 15) is 14.4 Å². The number of benzene rings is 2. The van der Waals surface area contributed by atoms with Crippen molar-refractivity contribution >= 4 is 29.4 Å². The van der Waals surface area contributed by atoms with Crippen LogP contribution in [0.3, 0.4) is 0 Å². The monoisotopic (exact) mass is 429 g/mol. The van der Waals surface area contributed by atoms with Gasteiger partial charge in [-0.3, -0.25) is 14.5 Å².